The summed E-state index contributed by atoms with van der Waals surface area (Å²) in [6.07, 6.45) is 2.18. The second kappa shape index (κ2) is 6.85. The van der Waals surface area contributed by atoms with E-state index in [1.54, 1.807) is 0 Å². The second-order valence-corrected chi connectivity index (χ2v) is 7.99. The van der Waals surface area contributed by atoms with Crippen molar-refractivity contribution in [1.82, 2.24) is 15.5 Å². The fourth-order valence-corrected chi connectivity index (χ4v) is 3.84. The summed E-state index contributed by atoms with van der Waals surface area (Å²) in [5.41, 5.74) is 0.788. The molecule has 22 heavy (non-hydrogen) atoms. The molecule has 8 heteroatoms. The van der Waals surface area contributed by atoms with Crippen LogP contribution in [0, 0.1) is 0 Å². The molecule has 1 atom stereocenters. The van der Waals surface area contributed by atoms with E-state index in [-0.39, 0.29) is 11.2 Å². The summed E-state index contributed by atoms with van der Waals surface area (Å²) in [5, 5.41) is 15.4. The maximum Gasteiger partial charge on any atom is 0.233 e. The smallest absolute Gasteiger partial charge is 0.233 e. The highest BCUT2D eigenvalue weighted by atomic mass is 35.5. The number of carbonyl (C=O) groups is 1. The van der Waals surface area contributed by atoms with Crippen LogP contribution in [0.1, 0.15) is 19.8 Å². The SMILES string of the molecule is C[C@@H](Sc1nnc(Nc2ccccc2Cl)s1)C(=O)NC1CC1. The molecule has 1 heterocycles. The van der Waals surface area contributed by atoms with Crippen LogP contribution in [0.2, 0.25) is 5.02 Å². The molecule has 1 aliphatic carbocycles. The zero-order valence-corrected chi connectivity index (χ0v) is 14.3. The van der Waals surface area contributed by atoms with E-state index in [1.807, 2.05) is 31.2 Å². The van der Waals surface area contributed by atoms with Gasteiger partial charge >= 0.3 is 0 Å². The van der Waals surface area contributed by atoms with Gasteiger partial charge in [0.05, 0.1) is 16.0 Å². The number of para-hydroxylation sites is 1. The number of aromatic nitrogens is 2. The maximum absolute atomic E-state index is 11.9. The number of halogens is 1. The number of anilines is 2. The van der Waals surface area contributed by atoms with E-state index in [1.165, 1.54) is 23.1 Å². The molecule has 0 spiro atoms. The van der Waals surface area contributed by atoms with E-state index in [0.717, 1.165) is 22.9 Å². The minimum atomic E-state index is -0.179. The van der Waals surface area contributed by atoms with Crippen molar-refractivity contribution < 1.29 is 4.79 Å². The second-order valence-electron chi connectivity index (χ2n) is 5.02. The summed E-state index contributed by atoms with van der Waals surface area (Å²) < 4.78 is 0.757. The fourth-order valence-electron chi connectivity index (χ4n) is 1.74. The molecule has 1 saturated carbocycles. The summed E-state index contributed by atoms with van der Waals surface area (Å²) in [4.78, 5) is 11.9. The van der Waals surface area contributed by atoms with E-state index in [4.69, 9.17) is 11.6 Å². The largest absolute Gasteiger partial charge is 0.352 e. The number of thioether (sulfide) groups is 1. The first-order valence-electron chi connectivity index (χ1n) is 6.94. The molecular weight excluding hydrogens is 340 g/mol. The predicted octanol–water partition coefficient (Wildman–Crippen LogP) is 3.69. The van der Waals surface area contributed by atoms with Gasteiger partial charge in [0.15, 0.2) is 4.34 Å². The predicted molar refractivity (Wildman–Crippen MR) is 91.1 cm³/mol. The molecule has 0 saturated heterocycles. The number of benzene rings is 1. The minimum absolute atomic E-state index is 0.0586. The Hall–Kier alpha value is -1.31. The number of nitrogens with one attached hydrogen (secondary N) is 2. The normalized spacial score (nSPS) is 15.4. The van der Waals surface area contributed by atoms with Gasteiger partial charge in [-0.15, -0.1) is 10.2 Å². The maximum atomic E-state index is 11.9. The molecule has 0 unspecified atom stereocenters. The van der Waals surface area contributed by atoms with Crippen LogP contribution >= 0.6 is 34.7 Å². The average Bonchev–Trinajstić information content (AvgIpc) is 3.20. The van der Waals surface area contributed by atoms with Gasteiger partial charge < -0.3 is 10.6 Å². The number of hydrogen-bond donors (Lipinski definition) is 2. The Morgan fingerprint density at radius 3 is 2.91 bits per heavy atom. The molecule has 1 aromatic carbocycles. The lowest BCUT2D eigenvalue weighted by atomic mass is 10.3. The highest BCUT2D eigenvalue weighted by molar-refractivity contribution is 8.02. The first-order valence-corrected chi connectivity index (χ1v) is 9.01. The molecule has 2 N–H and O–H groups in total. The van der Waals surface area contributed by atoms with Crippen LogP contribution in [0.25, 0.3) is 0 Å². The zero-order chi connectivity index (χ0) is 15.5. The van der Waals surface area contributed by atoms with Gasteiger partial charge in [0.25, 0.3) is 0 Å². The van der Waals surface area contributed by atoms with Crippen LogP contribution < -0.4 is 10.6 Å². The van der Waals surface area contributed by atoms with Crippen LogP contribution in [0.4, 0.5) is 10.8 Å². The van der Waals surface area contributed by atoms with Gasteiger partial charge in [0, 0.05) is 6.04 Å². The highest BCUT2D eigenvalue weighted by Crippen LogP contribution is 2.32. The third-order valence-corrected chi connectivity index (χ3v) is 5.44. The van der Waals surface area contributed by atoms with Crippen molar-refractivity contribution in [3.05, 3.63) is 29.3 Å². The van der Waals surface area contributed by atoms with Crippen molar-refractivity contribution in [2.24, 2.45) is 0 Å². The third kappa shape index (κ3) is 4.12. The van der Waals surface area contributed by atoms with Crippen molar-refractivity contribution in [2.45, 2.75) is 35.4 Å². The lowest BCUT2D eigenvalue weighted by molar-refractivity contribution is -0.120. The Balaban J connectivity index is 1.58. The van der Waals surface area contributed by atoms with Crippen LogP contribution in [-0.4, -0.2) is 27.4 Å². The van der Waals surface area contributed by atoms with Crippen LogP contribution in [-0.2, 0) is 4.79 Å². The topological polar surface area (TPSA) is 66.9 Å². The van der Waals surface area contributed by atoms with E-state index in [9.17, 15) is 4.79 Å². The lowest BCUT2D eigenvalue weighted by Gasteiger charge is -2.08. The Morgan fingerprint density at radius 2 is 2.18 bits per heavy atom. The van der Waals surface area contributed by atoms with Crippen LogP contribution in [0.3, 0.4) is 0 Å². The van der Waals surface area contributed by atoms with Gasteiger partial charge in [0.2, 0.25) is 11.0 Å². The van der Waals surface area contributed by atoms with Crippen molar-refractivity contribution in [2.75, 3.05) is 5.32 Å². The van der Waals surface area contributed by atoms with Crippen molar-refractivity contribution >= 4 is 51.4 Å². The molecule has 1 aliphatic rings. The summed E-state index contributed by atoms with van der Waals surface area (Å²) in [6.45, 7) is 1.88. The van der Waals surface area contributed by atoms with Crippen LogP contribution in [0.5, 0.6) is 0 Å². The molecular formula is C14H15ClN4OS2. The highest BCUT2D eigenvalue weighted by Gasteiger charge is 2.26. The molecule has 3 rings (SSSR count). The third-order valence-electron chi connectivity index (χ3n) is 3.09. The van der Waals surface area contributed by atoms with Gasteiger partial charge in [-0.05, 0) is 31.9 Å². The number of carbonyl (C=O) groups excluding carboxylic acids is 1. The minimum Gasteiger partial charge on any atom is -0.352 e. The molecule has 0 aliphatic heterocycles. The van der Waals surface area contributed by atoms with Gasteiger partial charge in [-0.25, -0.2) is 0 Å². The lowest BCUT2D eigenvalue weighted by Crippen LogP contribution is -2.32. The summed E-state index contributed by atoms with van der Waals surface area (Å²) in [6, 6.07) is 7.83. The first kappa shape index (κ1) is 15.6. The quantitative estimate of drug-likeness (QED) is 0.774. The summed E-state index contributed by atoms with van der Waals surface area (Å²) in [7, 11) is 0. The molecule has 1 fully saturated rings. The molecule has 0 radical (unpaired) electrons. The molecule has 1 aromatic heterocycles. The average molecular weight is 355 g/mol. The van der Waals surface area contributed by atoms with E-state index < -0.39 is 0 Å². The number of hydrogen-bond acceptors (Lipinski definition) is 6. The fraction of sp³-hybridized carbons (Fsp3) is 0.357. The van der Waals surface area contributed by atoms with Crippen LogP contribution in [0.15, 0.2) is 28.6 Å². The van der Waals surface area contributed by atoms with Gasteiger partial charge in [0.1, 0.15) is 0 Å². The molecule has 1 amide bonds. The van der Waals surface area contributed by atoms with E-state index in [0.29, 0.717) is 16.2 Å². The number of rotatable bonds is 6. The molecule has 2 aromatic rings. The standard InChI is InChI=1S/C14H15ClN4OS2/c1-8(12(20)16-9-6-7-9)21-14-19-18-13(22-14)17-11-5-3-2-4-10(11)15/h2-5,8-9H,6-7H2,1H3,(H,16,20)(H,17,18)/t8-/m1/s1. The number of amides is 1. The Morgan fingerprint density at radius 1 is 1.41 bits per heavy atom. The molecule has 116 valence electrons. The van der Waals surface area contributed by atoms with Crippen molar-refractivity contribution in [3.8, 4) is 0 Å². The Labute approximate surface area is 141 Å². The zero-order valence-electron chi connectivity index (χ0n) is 11.9. The number of nitrogens with zero attached hydrogens (tertiary/aromatic N) is 2. The van der Waals surface area contributed by atoms with Crippen molar-refractivity contribution in [3.63, 3.8) is 0 Å². The van der Waals surface area contributed by atoms with Gasteiger partial charge in [-0.2, -0.15) is 0 Å². The summed E-state index contributed by atoms with van der Waals surface area (Å²) >= 11 is 8.92. The van der Waals surface area contributed by atoms with Gasteiger partial charge in [-0.3, -0.25) is 4.79 Å². The first-order chi connectivity index (χ1) is 10.6. The molecule has 5 nitrogen and oxygen atoms in total. The van der Waals surface area contributed by atoms with Crippen molar-refractivity contribution in [1.29, 1.82) is 0 Å². The molecule has 0 bridgehead atoms. The van der Waals surface area contributed by atoms with E-state index in [2.05, 4.69) is 20.8 Å². The Bertz CT molecular complexity index is 674. The summed E-state index contributed by atoms with van der Waals surface area (Å²) in [5.74, 6) is 0.0586. The van der Waals surface area contributed by atoms with E-state index >= 15 is 0 Å². The monoisotopic (exact) mass is 354 g/mol. The van der Waals surface area contributed by atoms with Gasteiger partial charge in [-0.1, -0.05) is 46.8 Å². The Kier molecular flexibility index (Phi) is 4.85.